The fraction of sp³-hybridized carbons (Fsp3) is 0.600. The van der Waals surface area contributed by atoms with Gasteiger partial charge in [-0.2, -0.15) is 0 Å². The number of likely N-dealkylation sites (N-methyl/N-ethyl adjacent to an activating group) is 1. The number of alkyl halides is 1. The zero-order valence-corrected chi connectivity index (χ0v) is 8.89. The molecule has 1 rings (SSSR count). The average molecular weight is 186 g/mol. The Bertz CT molecular complexity index is 228. The largest absolute Gasteiger partial charge is 0.358 e. The smallest absolute Gasteiger partial charge is 0.125 e. The van der Waals surface area contributed by atoms with Crippen molar-refractivity contribution in [3.05, 3.63) is 23.4 Å². The summed E-state index contributed by atoms with van der Waals surface area (Å²) in [6.07, 6.45) is 4.26. The van der Waals surface area contributed by atoms with Gasteiger partial charge >= 0.3 is 0 Å². The van der Waals surface area contributed by atoms with E-state index in [0.29, 0.717) is 5.92 Å². The summed E-state index contributed by atoms with van der Waals surface area (Å²) in [7, 11) is 2.03. The molecular weight excluding hydrogens is 170 g/mol. The standard InChI is InChI=1S/C10H16ClN/c1-7(2)9-6-5-8(3)12(4)10(9)11/h5-7,10H,1-4H3. The van der Waals surface area contributed by atoms with Gasteiger partial charge in [0, 0.05) is 12.7 Å². The van der Waals surface area contributed by atoms with E-state index in [1.807, 2.05) is 7.05 Å². The van der Waals surface area contributed by atoms with Crippen LogP contribution in [0.2, 0.25) is 0 Å². The maximum absolute atomic E-state index is 6.24. The van der Waals surface area contributed by atoms with Crippen LogP contribution in [0.4, 0.5) is 0 Å². The third-order valence-electron chi connectivity index (χ3n) is 2.36. The molecule has 1 atom stereocenters. The fourth-order valence-electron chi connectivity index (χ4n) is 1.28. The summed E-state index contributed by atoms with van der Waals surface area (Å²) in [5.41, 5.74) is 2.55. The minimum atomic E-state index is 0.0370. The van der Waals surface area contributed by atoms with Gasteiger partial charge in [-0.05, 0) is 24.5 Å². The molecule has 1 aliphatic heterocycles. The number of rotatable bonds is 1. The highest BCUT2D eigenvalue weighted by Gasteiger charge is 2.21. The zero-order chi connectivity index (χ0) is 9.30. The molecule has 0 aromatic carbocycles. The Morgan fingerprint density at radius 3 is 2.50 bits per heavy atom. The van der Waals surface area contributed by atoms with Gasteiger partial charge in [-0.25, -0.2) is 0 Å². The third-order valence-corrected chi connectivity index (χ3v) is 2.90. The van der Waals surface area contributed by atoms with Crippen LogP contribution in [0, 0.1) is 5.92 Å². The molecular formula is C10H16ClN. The summed E-state index contributed by atoms with van der Waals surface area (Å²) in [6, 6.07) is 0. The lowest BCUT2D eigenvalue weighted by molar-refractivity contribution is 0.394. The average Bonchev–Trinajstić information content (AvgIpc) is 2.00. The molecule has 0 amide bonds. The van der Waals surface area contributed by atoms with Crippen LogP contribution in [0.25, 0.3) is 0 Å². The van der Waals surface area contributed by atoms with Crippen molar-refractivity contribution in [2.24, 2.45) is 5.92 Å². The molecule has 2 heteroatoms. The van der Waals surface area contributed by atoms with Gasteiger partial charge in [-0.15, -0.1) is 0 Å². The Morgan fingerprint density at radius 2 is 2.00 bits per heavy atom. The van der Waals surface area contributed by atoms with Crippen molar-refractivity contribution in [1.82, 2.24) is 4.90 Å². The van der Waals surface area contributed by atoms with Gasteiger partial charge in [-0.3, -0.25) is 0 Å². The van der Waals surface area contributed by atoms with Crippen molar-refractivity contribution in [2.45, 2.75) is 26.3 Å². The monoisotopic (exact) mass is 185 g/mol. The SMILES string of the molecule is CC1=CC=C(C(C)C)C(Cl)N1C. The Labute approximate surface area is 79.7 Å². The number of nitrogens with zero attached hydrogens (tertiary/aromatic N) is 1. The first kappa shape index (κ1) is 9.66. The normalized spacial score (nSPS) is 24.2. The van der Waals surface area contributed by atoms with Crippen molar-refractivity contribution in [3.63, 3.8) is 0 Å². The highest BCUT2D eigenvalue weighted by Crippen LogP contribution is 2.27. The van der Waals surface area contributed by atoms with Gasteiger partial charge in [0.2, 0.25) is 0 Å². The van der Waals surface area contributed by atoms with Crippen molar-refractivity contribution in [1.29, 1.82) is 0 Å². The zero-order valence-electron chi connectivity index (χ0n) is 8.13. The van der Waals surface area contributed by atoms with Crippen LogP contribution in [0.5, 0.6) is 0 Å². The molecule has 1 aliphatic rings. The lowest BCUT2D eigenvalue weighted by Gasteiger charge is -2.32. The van der Waals surface area contributed by atoms with Crippen LogP contribution in [-0.2, 0) is 0 Å². The Balaban J connectivity index is 2.90. The number of hydrogen-bond acceptors (Lipinski definition) is 1. The van der Waals surface area contributed by atoms with Crippen molar-refractivity contribution < 1.29 is 0 Å². The molecule has 0 saturated heterocycles. The fourth-order valence-corrected chi connectivity index (χ4v) is 1.76. The molecule has 0 fully saturated rings. The van der Waals surface area contributed by atoms with Gasteiger partial charge in [0.05, 0.1) is 0 Å². The number of allylic oxidation sites excluding steroid dienone is 3. The number of hydrogen-bond donors (Lipinski definition) is 0. The summed E-state index contributed by atoms with van der Waals surface area (Å²) >= 11 is 6.24. The Kier molecular flexibility index (Phi) is 2.84. The topological polar surface area (TPSA) is 3.24 Å². The molecule has 0 radical (unpaired) electrons. The molecule has 0 N–H and O–H groups in total. The van der Waals surface area contributed by atoms with Crippen LogP contribution >= 0.6 is 11.6 Å². The van der Waals surface area contributed by atoms with Crippen LogP contribution < -0.4 is 0 Å². The van der Waals surface area contributed by atoms with Crippen molar-refractivity contribution in [3.8, 4) is 0 Å². The van der Waals surface area contributed by atoms with E-state index in [0.717, 1.165) is 0 Å². The van der Waals surface area contributed by atoms with E-state index in [4.69, 9.17) is 11.6 Å². The quantitative estimate of drug-likeness (QED) is 0.449. The van der Waals surface area contributed by atoms with E-state index in [1.165, 1.54) is 11.3 Å². The van der Waals surface area contributed by atoms with Gasteiger partial charge < -0.3 is 4.90 Å². The van der Waals surface area contributed by atoms with E-state index in [9.17, 15) is 0 Å². The second-order valence-corrected chi connectivity index (χ2v) is 3.99. The minimum absolute atomic E-state index is 0.0370. The first-order valence-electron chi connectivity index (χ1n) is 4.29. The Morgan fingerprint density at radius 1 is 1.42 bits per heavy atom. The van der Waals surface area contributed by atoms with E-state index in [-0.39, 0.29) is 5.50 Å². The molecule has 0 aliphatic carbocycles. The minimum Gasteiger partial charge on any atom is -0.358 e. The lowest BCUT2D eigenvalue weighted by Crippen LogP contribution is -2.31. The lowest BCUT2D eigenvalue weighted by atomic mass is 9.99. The Hall–Kier alpha value is -0.430. The molecule has 0 saturated carbocycles. The number of halogens is 1. The van der Waals surface area contributed by atoms with Gasteiger partial charge in [-0.1, -0.05) is 31.5 Å². The van der Waals surface area contributed by atoms with Crippen LogP contribution in [0.1, 0.15) is 20.8 Å². The summed E-state index contributed by atoms with van der Waals surface area (Å²) in [5, 5.41) is 0. The predicted octanol–water partition coefficient (Wildman–Crippen LogP) is 2.98. The molecule has 0 aromatic heterocycles. The molecule has 12 heavy (non-hydrogen) atoms. The first-order chi connectivity index (χ1) is 5.54. The second-order valence-electron chi connectivity index (χ2n) is 3.58. The molecule has 0 bridgehead atoms. The van der Waals surface area contributed by atoms with E-state index in [1.54, 1.807) is 0 Å². The van der Waals surface area contributed by atoms with Gasteiger partial charge in [0.25, 0.3) is 0 Å². The van der Waals surface area contributed by atoms with Crippen LogP contribution in [-0.4, -0.2) is 17.4 Å². The highest BCUT2D eigenvalue weighted by molar-refractivity contribution is 6.22. The molecule has 1 unspecified atom stereocenters. The molecule has 68 valence electrons. The van der Waals surface area contributed by atoms with Gasteiger partial charge in [0.1, 0.15) is 5.50 Å². The summed E-state index contributed by atoms with van der Waals surface area (Å²) in [6.45, 7) is 6.41. The van der Waals surface area contributed by atoms with Crippen molar-refractivity contribution in [2.75, 3.05) is 7.05 Å². The highest BCUT2D eigenvalue weighted by atomic mass is 35.5. The van der Waals surface area contributed by atoms with Crippen LogP contribution in [0.15, 0.2) is 23.4 Å². The maximum atomic E-state index is 6.24. The molecule has 1 nitrogen and oxygen atoms in total. The van der Waals surface area contributed by atoms with E-state index < -0.39 is 0 Å². The second kappa shape index (κ2) is 3.53. The van der Waals surface area contributed by atoms with E-state index in [2.05, 4.69) is 37.8 Å². The summed E-state index contributed by atoms with van der Waals surface area (Å²) in [4.78, 5) is 2.09. The summed E-state index contributed by atoms with van der Waals surface area (Å²) < 4.78 is 0. The maximum Gasteiger partial charge on any atom is 0.125 e. The predicted molar refractivity (Wildman–Crippen MR) is 54.1 cm³/mol. The first-order valence-corrected chi connectivity index (χ1v) is 4.73. The third kappa shape index (κ3) is 1.66. The van der Waals surface area contributed by atoms with Gasteiger partial charge in [0.15, 0.2) is 0 Å². The summed E-state index contributed by atoms with van der Waals surface area (Å²) in [5.74, 6) is 0.527. The van der Waals surface area contributed by atoms with E-state index >= 15 is 0 Å². The van der Waals surface area contributed by atoms with Crippen molar-refractivity contribution >= 4 is 11.6 Å². The molecule has 1 heterocycles. The van der Waals surface area contributed by atoms with Crippen LogP contribution in [0.3, 0.4) is 0 Å². The molecule has 0 spiro atoms. The molecule has 0 aromatic rings.